The first-order chi connectivity index (χ1) is 15.4. The van der Waals surface area contributed by atoms with Crippen molar-refractivity contribution >= 4 is 23.1 Å². The summed E-state index contributed by atoms with van der Waals surface area (Å²) in [5.74, 6) is -0.789. The van der Waals surface area contributed by atoms with Crippen LogP contribution in [-0.2, 0) is 11.3 Å². The maximum atomic E-state index is 12.8. The fraction of sp³-hybridized carbons (Fsp3) is 0.250. The highest BCUT2D eigenvalue weighted by Gasteiger charge is 2.23. The second-order valence-electron chi connectivity index (χ2n) is 7.62. The van der Waals surface area contributed by atoms with E-state index in [1.807, 2.05) is 61.1 Å². The summed E-state index contributed by atoms with van der Waals surface area (Å²) in [7, 11) is 0. The van der Waals surface area contributed by atoms with Gasteiger partial charge in [0.1, 0.15) is 5.56 Å². The van der Waals surface area contributed by atoms with E-state index < -0.39 is 5.97 Å². The molecule has 0 aliphatic carbocycles. The summed E-state index contributed by atoms with van der Waals surface area (Å²) in [4.78, 5) is 29.9. The van der Waals surface area contributed by atoms with Crippen LogP contribution in [0.15, 0.2) is 48.0 Å². The van der Waals surface area contributed by atoms with Crippen LogP contribution in [0.3, 0.4) is 0 Å². The van der Waals surface area contributed by atoms with Crippen molar-refractivity contribution in [3.8, 4) is 5.13 Å². The SMILES string of the molecule is Cc1nn(Cc2ccccc2)c(C)c1C(=O)OCC(=O)c1cc(C)n(-c2nccs2)c1C. The molecule has 0 radical (unpaired) electrons. The lowest BCUT2D eigenvalue weighted by Gasteiger charge is -2.07. The van der Waals surface area contributed by atoms with Crippen LogP contribution in [-0.4, -0.2) is 37.7 Å². The smallest absolute Gasteiger partial charge is 0.342 e. The van der Waals surface area contributed by atoms with Crippen molar-refractivity contribution in [3.63, 3.8) is 0 Å². The molecule has 0 spiro atoms. The molecule has 32 heavy (non-hydrogen) atoms. The third-order valence-corrected chi connectivity index (χ3v) is 6.19. The Morgan fingerprint density at radius 2 is 1.81 bits per heavy atom. The molecule has 0 unspecified atom stereocenters. The van der Waals surface area contributed by atoms with E-state index in [4.69, 9.17) is 4.74 Å². The largest absolute Gasteiger partial charge is 0.454 e. The molecule has 0 amide bonds. The fourth-order valence-electron chi connectivity index (χ4n) is 3.85. The maximum absolute atomic E-state index is 12.8. The van der Waals surface area contributed by atoms with Gasteiger partial charge in [0.05, 0.1) is 17.9 Å². The number of ketones is 1. The van der Waals surface area contributed by atoms with Gasteiger partial charge in [-0.2, -0.15) is 5.10 Å². The number of carbonyl (C=O) groups is 2. The van der Waals surface area contributed by atoms with Crippen molar-refractivity contribution in [2.45, 2.75) is 34.2 Å². The van der Waals surface area contributed by atoms with E-state index in [0.717, 1.165) is 22.1 Å². The summed E-state index contributed by atoms with van der Waals surface area (Å²) in [5.41, 5.74) is 5.00. The molecule has 4 rings (SSSR count). The number of rotatable bonds is 7. The molecule has 3 aromatic heterocycles. The van der Waals surface area contributed by atoms with E-state index in [1.54, 1.807) is 23.9 Å². The van der Waals surface area contributed by atoms with Gasteiger partial charge in [-0.25, -0.2) is 9.78 Å². The second-order valence-corrected chi connectivity index (χ2v) is 8.50. The Labute approximate surface area is 190 Å². The molecule has 7 nitrogen and oxygen atoms in total. The quantitative estimate of drug-likeness (QED) is 0.308. The average molecular weight is 449 g/mol. The lowest BCUT2D eigenvalue weighted by molar-refractivity contribution is 0.0473. The number of esters is 1. The van der Waals surface area contributed by atoms with E-state index in [-0.39, 0.29) is 12.4 Å². The summed E-state index contributed by atoms with van der Waals surface area (Å²) in [6.45, 7) is 7.63. The van der Waals surface area contributed by atoms with Gasteiger partial charge in [-0.05, 0) is 39.3 Å². The summed E-state index contributed by atoms with van der Waals surface area (Å²) < 4.78 is 9.11. The highest BCUT2D eigenvalue weighted by molar-refractivity contribution is 7.12. The number of Topliss-reactive ketones (excluding diaryl/α,β-unsaturated/α-hetero) is 1. The standard InChI is InChI=1S/C24H24N4O3S/c1-15-12-20(17(3)28(15)24-25-10-11-32-24)21(29)14-31-23(30)22-16(2)26-27(18(22)4)13-19-8-6-5-7-9-19/h5-12H,13-14H2,1-4H3. The van der Waals surface area contributed by atoms with Crippen LogP contribution >= 0.6 is 11.3 Å². The molecule has 164 valence electrons. The maximum Gasteiger partial charge on any atom is 0.342 e. The van der Waals surface area contributed by atoms with Crippen molar-refractivity contribution < 1.29 is 14.3 Å². The number of hydrogen-bond acceptors (Lipinski definition) is 6. The molecule has 3 heterocycles. The summed E-state index contributed by atoms with van der Waals surface area (Å²) in [5, 5.41) is 7.18. The van der Waals surface area contributed by atoms with E-state index >= 15 is 0 Å². The first-order valence-electron chi connectivity index (χ1n) is 10.2. The van der Waals surface area contributed by atoms with Crippen LogP contribution in [0.1, 0.15) is 49.1 Å². The van der Waals surface area contributed by atoms with Crippen molar-refractivity contribution in [2.75, 3.05) is 6.61 Å². The van der Waals surface area contributed by atoms with Crippen molar-refractivity contribution in [1.82, 2.24) is 19.3 Å². The minimum atomic E-state index is -0.540. The Hall–Kier alpha value is -3.52. The first kappa shape index (κ1) is 21.7. The predicted molar refractivity (Wildman–Crippen MR) is 123 cm³/mol. The number of nitrogens with zero attached hydrogens (tertiary/aromatic N) is 4. The normalized spacial score (nSPS) is 11.0. The molecule has 0 saturated heterocycles. The lowest BCUT2D eigenvalue weighted by atomic mass is 10.1. The van der Waals surface area contributed by atoms with Gasteiger partial charge >= 0.3 is 5.97 Å². The first-order valence-corrected chi connectivity index (χ1v) is 11.1. The minimum Gasteiger partial charge on any atom is -0.454 e. The zero-order valence-corrected chi connectivity index (χ0v) is 19.3. The molecule has 8 heteroatoms. The van der Waals surface area contributed by atoms with E-state index in [9.17, 15) is 9.59 Å². The average Bonchev–Trinajstić information content (AvgIpc) is 3.46. The van der Waals surface area contributed by atoms with Gasteiger partial charge in [-0.1, -0.05) is 30.3 Å². The number of benzene rings is 1. The summed E-state index contributed by atoms with van der Waals surface area (Å²) in [6, 6.07) is 11.7. The molecule has 0 saturated carbocycles. The molecule has 0 aliphatic heterocycles. The van der Waals surface area contributed by atoms with Crippen molar-refractivity contribution in [2.24, 2.45) is 0 Å². The fourth-order valence-corrected chi connectivity index (χ4v) is 4.60. The van der Waals surface area contributed by atoms with Crippen LogP contribution in [0.2, 0.25) is 0 Å². The van der Waals surface area contributed by atoms with Crippen LogP contribution in [0.5, 0.6) is 0 Å². The molecular weight excluding hydrogens is 424 g/mol. The Bertz CT molecular complexity index is 1270. The molecule has 0 N–H and O–H groups in total. The number of ether oxygens (including phenoxy) is 1. The number of aryl methyl sites for hydroxylation is 2. The van der Waals surface area contributed by atoms with Gasteiger partial charge in [0.15, 0.2) is 11.7 Å². The van der Waals surface area contributed by atoms with Crippen LogP contribution in [0.25, 0.3) is 5.13 Å². The van der Waals surface area contributed by atoms with Crippen molar-refractivity contribution in [3.05, 3.63) is 87.4 Å². The molecule has 1 aromatic carbocycles. The molecule has 0 bridgehead atoms. The Morgan fingerprint density at radius 1 is 1.06 bits per heavy atom. The van der Waals surface area contributed by atoms with E-state index in [0.29, 0.717) is 29.1 Å². The highest BCUT2D eigenvalue weighted by atomic mass is 32.1. The monoisotopic (exact) mass is 448 g/mol. The summed E-state index contributed by atoms with van der Waals surface area (Å²) >= 11 is 1.50. The topological polar surface area (TPSA) is 79.0 Å². The Kier molecular flexibility index (Phi) is 6.05. The number of aromatic nitrogens is 4. The minimum absolute atomic E-state index is 0.249. The van der Waals surface area contributed by atoms with Crippen LogP contribution < -0.4 is 0 Å². The molecule has 0 fully saturated rings. The predicted octanol–water partition coefficient (Wildman–Crippen LogP) is 4.45. The molecule has 4 aromatic rings. The van der Waals surface area contributed by atoms with Gasteiger partial charge in [0.2, 0.25) is 5.78 Å². The van der Waals surface area contributed by atoms with Crippen molar-refractivity contribution in [1.29, 1.82) is 0 Å². The number of carbonyl (C=O) groups excluding carboxylic acids is 2. The van der Waals surface area contributed by atoms with Gasteiger partial charge in [-0.3, -0.25) is 14.0 Å². The van der Waals surface area contributed by atoms with E-state index in [2.05, 4.69) is 10.1 Å². The highest BCUT2D eigenvalue weighted by Crippen LogP contribution is 2.23. The third-order valence-electron chi connectivity index (χ3n) is 5.44. The Morgan fingerprint density at radius 3 is 2.50 bits per heavy atom. The summed E-state index contributed by atoms with van der Waals surface area (Å²) in [6.07, 6.45) is 1.73. The van der Waals surface area contributed by atoms with E-state index in [1.165, 1.54) is 11.3 Å². The molecule has 0 aliphatic rings. The van der Waals surface area contributed by atoms with Gasteiger partial charge in [0.25, 0.3) is 0 Å². The number of hydrogen-bond donors (Lipinski definition) is 0. The molecule has 0 atom stereocenters. The molecular formula is C24H24N4O3S. The Balaban J connectivity index is 1.48. The third kappa shape index (κ3) is 4.13. The van der Waals surface area contributed by atoms with Gasteiger partial charge < -0.3 is 4.74 Å². The van der Waals surface area contributed by atoms with Crippen LogP contribution in [0.4, 0.5) is 0 Å². The van der Waals surface area contributed by atoms with Gasteiger partial charge in [0, 0.05) is 28.5 Å². The lowest BCUT2D eigenvalue weighted by Crippen LogP contribution is -2.16. The zero-order valence-electron chi connectivity index (χ0n) is 18.5. The zero-order chi connectivity index (χ0) is 22.8. The number of thiazole rings is 1. The van der Waals surface area contributed by atoms with Crippen LogP contribution in [0, 0.1) is 27.7 Å². The second kappa shape index (κ2) is 8.92. The van der Waals surface area contributed by atoms with Gasteiger partial charge in [-0.15, -0.1) is 11.3 Å².